The Morgan fingerprint density at radius 1 is 1.47 bits per heavy atom. The molecule has 0 aromatic carbocycles. The van der Waals surface area contributed by atoms with Crippen LogP contribution in [0.15, 0.2) is 0 Å². The molecular weight excluding hydrogens is 327 g/mol. The summed E-state index contributed by atoms with van der Waals surface area (Å²) in [6, 6.07) is 1.65. The van der Waals surface area contributed by atoms with Gasteiger partial charge in [-0.05, 0) is 24.7 Å². The first kappa shape index (κ1) is 17.9. The molecule has 17 heavy (non-hydrogen) atoms. The van der Waals surface area contributed by atoms with Gasteiger partial charge in [0.05, 0.1) is 12.7 Å². The first-order chi connectivity index (χ1) is 7.79. The van der Waals surface area contributed by atoms with Gasteiger partial charge in [0.15, 0.2) is 0 Å². The molecule has 0 aliphatic heterocycles. The molecule has 0 heterocycles. The van der Waals surface area contributed by atoms with Crippen LogP contribution in [0.3, 0.4) is 0 Å². The minimum absolute atomic E-state index is 0.187. The molecule has 2 unspecified atom stereocenters. The van der Waals surface area contributed by atoms with Gasteiger partial charge in [-0.3, -0.25) is 4.52 Å². The first-order valence-corrected chi connectivity index (χ1v) is 9.09. The van der Waals surface area contributed by atoms with Crippen molar-refractivity contribution in [2.75, 3.05) is 12.4 Å². The Labute approximate surface area is 120 Å². The zero-order valence-corrected chi connectivity index (χ0v) is 13.3. The highest BCUT2D eigenvalue weighted by molar-refractivity contribution is 8.55. The smallest absolute Gasteiger partial charge is 0.301 e. The molecule has 0 amide bonds. The van der Waals surface area contributed by atoms with Crippen LogP contribution in [-0.4, -0.2) is 22.3 Å². The van der Waals surface area contributed by atoms with Crippen LogP contribution in [0.1, 0.15) is 20.3 Å². The summed E-state index contributed by atoms with van der Waals surface area (Å²) in [6.45, 7) is 0.305. The van der Waals surface area contributed by atoms with E-state index in [0.29, 0.717) is 5.75 Å². The average Bonchev–Trinajstić information content (AvgIpc) is 2.22. The maximum absolute atomic E-state index is 12.2. The lowest BCUT2D eigenvalue weighted by Gasteiger charge is -2.23. The van der Waals surface area contributed by atoms with Gasteiger partial charge >= 0.3 is 6.80 Å². The van der Waals surface area contributed by atoms with Crippen LogP contribution >= 0.6 is 53.0 Å². The molecule has 0 spiro atoms. The van der Waals surface area contributed by atoms with Crippen molar-refractivity contribution in [3.05, 3.63) is 0 Å². The molecule has 0 aromatic heterocycles. The molecule has 0 aliphatic rings. The number of halogens is 3. The van der Waals surface area contributed by atoms with Crippen molar-refractivity contribution in [2.45, 2.75) is 30.2 Å². The Morgan fingerprint density at radius 3 is 2.41 bits per heavy atom. The minimum atomic E-state index is -3.46. The number of alkyl halides is 3. The second-order valence-corrected chi connectivity index (χ2v) is 9.37. The first-order valence-electron chi connectivity index (χ1n) is 4.83. The summed E-state index contributed by atoms with van der Waals surface area (Å²) < 4.78 is 20.3. The molecule has 0 bridgehead atoms. The molecule has 0 N–H and O–H groups in total. The van der Waals surface area contributed by atoms with Gasteiger partial charge in [-0.15, -0.1) is 0 Å². The van der Waals surface area contributed by atoms with Crippen LogP contribution < -0.4 is 0 Å². The highest BCUT2D eigenvalue weighted by Crippen LogP contribution is 2.62. The number of hydrogen-bond acceptors (Lipinski definition) is 5. The van der Waals surface area contributed by atoms with Gasteiger partial charge in [-0.2, -0.15) is 5.26 Å². The minimum Gasteiger partial charge on any atom is -0.301 e. The molecule has 0 radical (unpaired) electrons. The summed E-state index contributed by atoms with van der Waals surface area (Å²) in [6.07, 6.45) is -0.648. The van der Waals surface area contributed by atoms with Crippen LogP contribution in [0.5, 0.6) is 0 Å². The van der Waals surface area contributed by atoms with Gasteiger partial charge in [0.25, 0.3) is 0 Å². The highest BCUT2D eigenvalue weighted by atomic mass is 35.6. The van der Waals surface area contributed by atoms with E-state index < -0.39 is 16.7 Å². The van der Waals surface area contributed by atoms with Crippen molar-refractivity contribution < 1.29 is 13.6 Å². The molecule has 9 heteroatoms. The summed E-state index contributed by atoms with van der Waals surface area (Å²) in [7, 11) is 0. The Bertz CT molecular complexity index is 318. The third-order valence-corrected chi connectivity index (χ3v) is 6.01. The van der Waals surface area contributed by atoms with E-state index in [1.807, 2.05) is 6.92 Å². The van der Waals surface area contributed by atoms with Crippen LogP contribution in [0.25, 0.3) is 0 Å². The number of rotatable bonds is 7. The zero-order chi connectivity index (χ0) is 13.5. The van der Waals surface area contributed by atoms with Crippen molar-refractivity contribution in [1.29, 1.82) is 5.26 Å². The lowest BCUT2D eigenvalue weighted by atomic mass is 10.5. The van der Waals surface area contributed by atoms with Gasteiger partial charge in [-0.25, -0.2) is 4.57 Å². The van der Waals surface area contributed by atoms with E-state index in [2.05, 4.69) is 0 Å². The number of hydrogen-bond donors (Lipinski definition) is 0. The van der Waals surface area contributed by atoms with E-state index in [1.54, 1.807) is 13.0 Å². The molecule has 100 valence electrons. The van der Waals surface area contributed by atoms with Crippen LogP contribution in [0, 0.1) is 11.3 Å². The maximum Gasteiger partial charge on any atom is 0.390 e. The van der Waals surface area contributed by atoms with Crippen molar-refractivity contribution in [2.24, 2.45) is 0 Å². The van der Waals surface area contributed by atoms with Crippen molar-refractivity contribution in [1.82, 2.24) is 0 Å². The third kappa shape index (κ3) is 7.12. The summed E-state index contributed by atoms with van der Waals surface area (Å²) in [5, 5.41) is 8.80. The average molecular weight is 341 g/mol. The molecule has 0 rings (SSSR count). The Morgan fingerprint density at radius 2 is 2.06 bits per heavy atom. The quantitative estimate of drug-likeness (QED) is 0.502. The summed E-state index contributed by atoms with van der Waals surface area (Å²) >= 11 is 17.6. The van der Waals surface area contributed by atoms with Gasteiger partial charge in [0.2, 0.25) is 9.90 Å². The van der Waals surface area contributed by atoms with Gasteiger partial charge in [0, 0.05) is 5.75 Å². The SMILES string of the molecule is CCCSP(=O)(OCC)OC(C#N)C(Cl)(Cl)Cl. The van der Waals surface area contributed by atoms with Crippen molar-refractivity contribution in [3.63, 3.8) is 0 Å². The molecule has 0 fully saturated rings. The molecule has 0 aromatic rings. The molecule has 0 saturated carbocycles. The van der Waals surface area contributed by atoms with Crippen molar-refractivity contribution >= 4 is 53.0 Å². The molecule has 0 aliphatic carbocycles. The standard InChI is InChI=1S/C8H13Cl3NO3PS/c1-3-5-17-16(13,14-4-2)15-7(6-12)8(9,10)11/h7H,3-5H2,1-2H3. The summed E-state index contributed by atoms with van der Waals surface area (Å²) in [5.74, 6) is 0.565. The van der Waals surface area contributed by atoms with E-state index in [0.717, 1.165) is 17.8 Å². The van der Waals surface area contributed by atoms with E-state index in [9.17, 15) is 4.57 Å². The topological polar surface area (TPSA) is 59.3 Å². The molecule has 4 nitrogen and oxygen atoms in total. The predicted octanol–water partition coefficient (Wildman–Crippen LogP) is 4.55. The van der Waals surface area contributed by atoms with E-state index in [4.69, 9.17) is 49.1 Å². The van der Waals surface area contributed by atoms with E-state index in [-0.39, 0.29) is 6.61 Å². The zero-order valence-electron chi connectivity index (χ0n) is 9.36. The fraction of sp³-hybridized carbons (Fsp3) is 0.875. The third-order valence-electron chi connectivity index (χ3n) is 1.39. The summed E-state index contributed by atoms with van der Waals surface area (Å²) in [4.78, 5) is 0. The molecule has 2 atom stereocenters. The molecule has 0 saturated heterocycles. The van der Waals surface area contributed by atoms with Crippen LogP contribution in [0.4, 0.5) is 0 Å². The van der Waals surface area contributed by atoms with Gasteiger partial charge < -0.3 is 4.52 Å². The van der Waals surface area contributed by atoms with Crippen LogP contribution in [-0.2, 0) is 13.6 Å². The molecular formula is C8H13Cl3NO3PS. The Balaban J connectivity index is 4.74. The maximum atomic E-state index is 12.2. The highest BCUT2D eigenvalue weighted by Gasteiger charge is 2.40. The van der Waals surface area contributed by atoms with Gasteiger partial charge in [0.1, 0.15) is 0 Å². The fourth-order valence-electron chi connectivity index (χ4n) is 0.745. The predicted molar refractivity (Wildman–Crippen MR) is 72.8 cm³/mol. The lowest BCUT2D eigenvalue weighted by molar-refractivity contribution is 0.198. The second kappa shape index (κ2) is 8.12. The van der Waals surface area contributed by atoms with Gasteiger partial charge in [-0.1, -0.05) is 41.7 Å². The van der Waals surface area contributed by atoms with E-state index >= 15 is 0 Å². The van der Waals surface area contributed by atoms with Crippen molar-refractivity contribution in [3.8, 4) is 6.07 Å². The Kier molecular flexibility index (Phi) is 8.53. The normalized spacial score (nSPS) is 17.2. The number of nitriles is 1. The van der Waals surface area contributed by atoms with Crippen LogP contribution in [0.2, 0.25) is 0 Å². The number of nitrogens with zero attached hydrogens (tertiary/aromatic N) is 1. The largest absolute Gasteiger partial charge is 0.390 e. The fourth-order valence-corrected chi connectivity index (χ4v) is 4.79. The van der Waals surface area contributed by atoms with E-state index in [1.165, 1.54) is 0 Å². The monoisotopic (exact) mass is 339 g/mol. The lowest BCUT2D eigenvalue weighted by Crippen LogP contribution is -2.26. The summed E-state index contributed by atoms with van der Waals surface area (Å²) in [5.41, 5.74) is 0. The second-order valence-electron chi connectivity index (χ2n) is 2.85. The Hall–Kier alpha value is 0.860.